The highest BCUT2D eigenvalue weighted by atomic mass is 32.2. The Kier molecular flexibility index (Phi) is 5.25. The molecule has 9 nitrogen and oxygen atoms in total. The number of nitrogens with zero attached hydrogens (tertiary/aromatic N) is 2. The maximum atomic E-state index is 12.8. The maximum Gasteiger partial charge on any atom is 0.344 e. The topological polar surface area (TPSA) is 134 Å². The molecule has 4 N–H and O–H groups in total. The number of phenols is 1. The Morgan fingerprint density at radius 3 is 2.87 bits per heavy atom. The summed E-state index contributed by atoms with van der Waals surface area (Å²) in [4.78, 5) is 14.5. The third-order valence-corrected chi connectivity index (χ3v) is 6.07. The Labute approximate surface area is 174 Å². The number of hydrogen-bond acceptors (Lipinski definition) is 6. The van der Waals surface area contributed by atoms with Crippen LogP contribution in [0.5, 0.6) is 11.5 Å². The third kappa shape index (κ3) is 4.04. The van der Waals surface area contributed by atoms with E-state index in [2.05, 4.69) is 9.12 Å². The lowest BCUT2D eigenvalue weighted by Gasteiger charge is -2.33. The number of para-hydroxylation sites is 1. The van der Waals surface area contributed by atoms with Crippen LogP contribution in [0.2, 0.25) is 0 Å². The first kappa shape index (κ1) is 20.0. The summed E-state index contributed by atoms with van der Waals surface area (Å²) in [5.74, 6) is 0.150. The number of amides is 1. The zero-order valence-electron chi connectivity index (χ0n) is 16.1. The van der Waals surface area contributed by atoms with Crippen LogP contribution >= 0.6 is 0 Å². The van der Waals surface area contributed by atoms with Crippen LogP contribution in [0, 0.1) is 5.92 Å². The van der Waals surface area contributed by atoms with E-state index < -0.39 is 10.2 Å². The second kappa shape index (κ2) is 7.86. The number of anilines is 1. The molecule has 0 aromatic heterocycles. The van der Waals surface area contributed by atoms with Gasteiger partial charge in [0.2, 0.25) is 0 Å². The Balaban J connectivity index is 1.45. The molecule has 158 valence electrons. The van der Waals surface area contributed by atoms with Crippen molar-refractivity contribution in [3.63, 3.8) is 0 Å². The molecule has 0 saturated carbocycles. The van der Waals surface area contributed by atoms with E-state index in [0.717, 1.165) is 12.8 Å². The number of nitrogens with one attached hydrogen (secondary N) is 1. The molecular formula is C20H22N4O5S. The predicted molar refractivity (Wildman–Crippen MR) is 112 cm³/mol. The molecule has 2 aliphatic heterocycles. The normalized spacial score (nSPS) is 19.9. The fraction of sp³-hybridized carbons (Fsp3) is 0.300. The van der Waals surface area contributed by atoms with Crippen molar-refractivity contribution in [1.29, 1.82) is 0 Å². The van der Waals surface area contributed by atoms with E-state index in [1.807, 2.05) is 0 Å². The smallest absolute Gasteiger partial charge is 0.344 e. The second-order valence-electron chi connectivity index (χ2n) is 7.32. The molecule has 1 amide bonds. The molecule has 0 spiro atoms. The molecule has 2 aromatic carbocycles. The Morgan fingerprint density at radius 1 is 1.27 bits per heavy atom. The van der Waals surface area contributed by atoms with Gasteiger partial charge in [0.15, 0.2) is 5.84 Å². The molecule has 2 heterocycles. The van der Waals surface area contributed by atoms with Crippen molar-refractivity contribution in [3.8, 4) is 11.5 Å². The van der Waals surface area contributed by atoms with Gasteiger partial charge in [-0.2, -0.15) is 8.42 Å². The van der Waals surface area contributed by atoms with Gasteiger partial charge < -0.3 is 20.5 Å². The van der Waals surface area contributed by atoms with Crippen molar-refractivity contribution in [3.05, 3.63) is 53.6 Å². The minimum absolute atomic E-state index is 0.0333. The van der Waals surface area contributed by atoms with E-state index in [9.17, 15) is 18.3 Å². The predicted octanol–water partition coefficient (Wildman–Crippen LogP) is 1.70. The number of amidine groups is 1. The monoisotopic (exact) mass is 430 g/mol. The molecule has 0 bridgehead atoms. The molecule has 2 aliphatic rings. The van der Waals surface area contributed by atoms with Crippen molar-refractivity contribution >= 4 is 27.6 Å². The summed E-state index contributed by atoms with van der Waals surface area (Å²) in [6.45, 7) is 1.45. The first-order valence-corrected chi connectivity index (χ1v) is 11.0. The molecule has 1 saturated heterocycles. The summed E-state index contributed by atoms with van der Waals surface area (Å²) < 4.78 is 35.2. The molecule has 1 fully saturated rings. The quantitative estimate of drug-likeness (QED) is 0.676. The average Bonchev–Trinajstić information content (AvgIpc) is 2.71. The lowest BCUT2D eigenvalue weighted by Crippen LogP contribution is -2.41. The number of rotatable bonds is 4. The van der Waals surface area contributed by atoms with E-state index in [1.54, 1.807) is 41.3 Å². The zero-order valence-corrected chi connectivity index (χ0v) is 16.9. The van der Waals surface area contributed by atoms with Crippen molar-refractivity contribution in [2.24, 2.45) is 16.0 Å². The van der Waals surface area contributed by atoms with E-state index in [0.29, 0.717) is 36.7 Å². The lowest BCUT2D eigenvalue weighted by atomic mass is 9.98. The second-order valence-corrected chi connectivity index (χ2v) is 8.66. The highest BCUT2D eigenvalue weighted by molar-refractivity contribution is 7.91. The van der Waals surface area contributed by atoms with Gasteiger partial charge in [-0.3, -0.25) is 9.52 Å². The van der Waals surface area contributed by atoms with Crippen molar-refractivity contribution < 1.29 is 23.1 Å². The molecule has 1 atom stereocenters. The molecule has 2 aromatic rings. The Hall–Kier alpha value is -3.27. The number of benzene rings is 2. The van der Waals surface area contributed by atoms with E-state index in [1.165, 1.54) is 6.07 Å². The number of nitrogens with two attached hydrogens (primary N) is 1. The maximum absolute atomic E-state index is 12.8. The number of phenolic OH excluding ortho intramolecular Hbond substituents is 1. The molecule has 4 rings (SSSR count). The van der Waals surface area contributed by atoms with Crippen LogP contribution in [0.25, 0.3) is 0 Å². The minimum Gasteiger partial charge on any atom is -0.507 e. The highest BCUT2D eigenvalue weighted by Gasteiger charge is 2.28. The van der Waals surface area contributed by atoms with Crippen LogP contribution in [0.4, 0.5) is 5.69 Å². The van der Waals surface area contributed by atoms with Gasteiger partial charge in [0.1, 0.15) is 11.5 Å². The van der Waals surface area contributed by atoms with Crippen molar-refractivity contribution in [1.82, 2.24) is 4.90 Å². The standard InChI is InChI=1S/C20H22N4O5S/c21-19-18-15(22-30(27,28)23-19)7-3-9-17(18)29-12-13-5-4-10-24(11-13)20(26)14-6-1-2-8-16(14)25/h1-3,6-9,13,22,25H,4-5,10-12H2,(H2,21,23). The molecular weight excluding hydrogens is 408 g/mol. The van der Waals surface area contributed by atoms with Crippen LogP contribution in [0.15, 0.2) is 46.9 Å². The molecule has 10 heteroatoms. The largest absolute Gasteiger partial charge is 0.507 e. The molecule has 30 heavy (non-hydrogen) atoms. The summed E-state index contributed by atoms with van der Waals surface area (Å²) in [7, 11) is -3.85. The van der Waals surface area contributed by atoms with Crippen LogP contribution in [-0.4, -0.2) is 49.9 Å². The Bertz CT molecular complexity index is 1120. The van der Waals surface area contributed by atoms with Gasteiger partial charge in [0, 0.05) is 19.0 Å². The van der Waals surface area contributed by atoms with Gasteiger partial charge in [0.05, 0.1) is 23.4 Å². The number of piperidine rings is 1. The van der Waals surface area contributed by atoms with Gasteiger partial charge in [0.25, 0.3) is 5.91 Å². The van der Waals surface area contributed by atoms with Crippen molar-refractivity contribution in [2.45, 2.75) is 12.8 Å². The summed E-state index contributed by atoms with van der Waals surface area (Å²) in [6.07, 6.45) is 1.71. The summed E-state index contributed by atoms with van der Waals surface area (Å²) in [6, 6.07) is 11.5. The summed E-state index contributed by atoms with van der Waals surface area (Å²) in [5, 5.41) is 9.96. The number of hydrogen-bond donors (Lipinski definition) is 3. The lowest BCUT2D eigenvalue weighted by molar-refractivity contribution is 0.0630. The number of carbonyl (C=O) groups excluding carboxylic acids is 1. The van der Waals surface area contributed by atoms with Crippen LogP contribution in [-0.2, 0) is 10.2 Å². The number of ether oxygens (including phenoxy) is 1. The van der Waals surface area contributed by atoms with E-state index in [-0.39, 0.29) is 29.0 Å². The van der Waals surface area contributed by atoms with Crippen LogP contribution in [0.1, 0.15) is 28.8 Å². The fourth-order valence-electron chi connectivity index (χ4n) is 3.76. The van der Waals surface area contributed by atoms with Crippen LogP contribution < -0.4 is 15.2 Å². The molecule has 0 aliphatic carbocycles. The highest BCUT2D eigenvalue weighted by Crippen LogP contribution is 2.31. The first-order chi connectivity index (χ1) is 14.3. The average molecular weight is 430 g/mol. The third-order valence-electron chi connectivity index (χ3n) is 5.16. The van der Waals surface area contributed by atoms with Crippen LogP contribution in [0.3, 0.4) is 0 Å². The zero-order chi connectivity index (χ0) is 21.3. The number of likely N-dealkylation sites (tertiary alicyclic amines) is 1. The van der Waals surface area contributed by atoms with Gasteiger partial charge in [-0.25, -0.2) is 0 Å². The SMILES string of the molecule is NC1=NS(=O)(=O)Nc2cccc(OCC3CCCN(C(=O)c4ccccc4O)C3)c21. The summed E-state index contributed by atoms with van der Waals surface area (Å²) in [5.41, 5.74) is 6.86. The van der Waals surface area contributed by atoms with Crippen molar-refractivity contribution in [2.75, 3.05) is 24.4 Å². The van der Waals surface area contributed by atoms with E-state index >= 15 is 0 Å². The summed E-state index contributed by atoms with van der Waals surface area (Å²) >= 11 is 0. The first-order valence-electron chi connectivity index (χ1n) is 9.56. The minimum atomic E-state index is -3.85. The van der Waals surface area contributed by atoms with Gasteiger partial charge in [-0.1, -0.05) is 18.2 Å². The number of aromatic hydroxyl groups is 1. The Morgan fingerprint density at radius 2 is 2.07 bits per heavy atom. The molecule has 1 unspecified atom stereocenters. The molecule has 0 radical (unpaired) electrons. The van der Waals surface area contributed by atoms with Gasteiger partial charge >= 0.3 is 10.2 Å². The van der Waals surface area contributed by atoms with E-state index in [4.69, 9.17) is 10.5 Å². The fourth-order valence-corrected chi connectivity index (χ4v) is 4.60. The number of fused-ring (bicyclic) bond motifs is 1. The number of carbonyl (C=O) groups is 1. The van der Waals surface area contributed by atoms with Gasteiger partial charge in [-0.05, 0) is 37.1 Å². The van der Waals surface area contributed by atoms with Gasteiger partial charge in [-0.15, -0.1) is 4.40 Å².